The second-order valence-electron chi connectivity index (χ2n) is 4.58. The van der Waals surface area contributed by atoms with Crippen LogP contribution < -0.4 is 0 Å². The van der Waals surface area contributed by atoms with Crippen molar-refractivity contribution in [2.45, 2.75) is 6.92 Å². The molecule has 1 heterocycles. The van der Waals surface area contributed by atoms with Crippen molar-refractivity contribution in [3.63, 3.8) is 0 Å². The Morgan fingerprint density at radius 3 is 2.67 bits per heavy atom. The first kappa shape index (κ1) is 14.4. The van der Waals surface area contributed by atoms with Crippen LogP contribution in [-0.2, 0) is 0 Å². The van der Waals surface area contributed by atoms with Crippen molar-refractivity contribution >= 4 is 38.4 Å². The lowest BCUT2D eigenvalue weighted by molar-refractivity contribution is 0.510. The summed E-state index contributed by atoms with van der Waals surface area (Å²) in [6.07, 6.45) is 0. The minimum Gasteiger partial charge on any atom is -0.227 e. The lowest BCUT2D eigenvalue weighted by Crippen LogP contribution is -1.97. The van der Waals surface area contributed by atoms with Gasteiger partial charge in [-0.3, -0.25) is 0 Å². The molecule has 0 spiro atoms. The molecule has 0 N–H and O–H groups in total. The Morgan fingerprint density at radius 1 is 1.14 bits per heavy atom. The van der Waals surface area contributed by atoms with Gasteiger partial charge in [-0.1, -0.05) is 17.7 Å². The van der Waals surface area contributed by atoms with Crippen LogP contribution in [-0.4, -0.2) is 9.97 Å². The minimum absolute atomic E-state index is 0.0220. The summed E-state index contributed by atoms with van der Waals surface area (Å²) in [5.41, 5.74) is 1.52. The summed E-state index contributed by atoms with van der Waals surface area (Å²) in [5.74, 6) is -1.89. The van der Waals surface area contributed by atoms with E-state index in [1.165, 1.54) is 12.1 Å². The van der Waals surface area contributed by atoms with Crippen molar-refractivity contribution in [1.29, 1.82) is 0 Å². The molecule has 3 rings (SSSR count). The van der Waals surface area contributed by atoms with Crippen molar-refractivity contribution in [2.24, 2.45) is 0 Å². The average Bonchev–Trinajstić information content (AvgIpc) is 2.43. The van der Waals surface area contributed by atoms with E-state index in [4.69, 9.17) is 11.6 Å². The number of fused-ring (bicyclic) bond motifs is 1. The van der Waals surface area contributed by atoms with Gasteiger partial charge in [0.2, 0.25) is 0 Å². The second-order valence-corrected chi connectivity index (χ2v) is 5.79. The van der Waals surface area contributed by atoms with Gasteiger partial charge in [-0.05, 0) is 52.7 Å². The van der Waals surface area contributed by atoms with E-state index in [9.17, 15) is 8.78 Å². The van der Waals surface area contributed by atoms with Crippen LogP contribution in [0.5, 0.6) is 0 Å². The van der Waals surface area contributed by atoms with Crippen molar-refractivity contribution < 1.29 is 8.78 Å². The first-order valence-electron chi connectivity index (χ1n) is 6.05. The monoisotopic (exact) mass is 368 g/mol. The lowest BCUT2D eigenvalue weighted by Gasteiger charge is -2.08. The number of halogens is 4. The minimum atomic E-state index is -0.990. The standard InChI is InChI=1S/C15H8BrClF2N2/c1-7-5-9-13(10(16)6-7)20-15(21-14(9)17)8-3-2-4-11(18)12(8)19/h2-6H,1H3. The average molecular weight is 370 g/mol. The molecule has 3 aromatic rings. The van der Waals surface area contributed by atoms with Gasteiger partial charge in [0.05, 0.1) is 11.1 Å². The Bertz CT molecular complexity index is 868. The number of nitrogens with zero attached hydrogens (tertiary/aromatic N) is 2. The zero-order valence-electron chi connectivity index (χ0n) is 10.8. The zero-order chi connectivity index (χ0) is 15.1. The summed E-state index contributed by atoms with van der Waals surface area (Å²) in [5, 5.41) is 0.854. The van der Waals surface area contributed by atoms with Gasteiger partial charge in [-0.2, -0.15) is 0 Å². The molecule has 0 saturated carbocycles. The lowest BCUT2D eigenvalue weighted by atomic mass is 10.1. The molecular weight excluding hydrogens is 362 g/mol. The maximum absolute atomic E-state index is 13.9. The predicted molar refractivity (Wildman–Crippen MR) is 82.3 cm³/mol. The van der Waals surface area contributed by atoms with Crippen LogP contribution >= 0.6 is 27.5 Å². The Morgan fingerprint density at radius 2 is 1.90 bits per heavy atom. The smallest absolute Gasteiger partial charge is 0.169 e. The number of aromatic nitrogens is 2. The molecule has 0 aliphatic heterocycles. The van der Waals surface area contributed by atoms with E-state index in [-0.39, 0.29) is 16.5 Å². The van der Waals surface area contributed by atoms with Gasteiger partial charge in [-0.25, -0.2) is 18.7 Å². The number of aryl methyl sites for hydroxylation is 1. The first-order chi connectivity index (χ1) is 9.97. The van der Waals surface area contributed by atoms with Crippen LogP contribution in [0.1, 0.15) is 5.56 Å². The molecule has 0 radical (unpaired) electrons. The van der Waals surface area contributed by atoms with Gasteiger partial charge < -0.3 is 0 Å². The van der Waals surface area contributed by atoms with Gasteiger partial charge in [0.25, 0.3) is 0 Å². The van der Waals surface area contributed by atoms with E-state index in [0.717, 1.165) is 16.1 Å². The molecule has 0 aliphatic rings. The highest BCUT2D eigenvalue weighted by atomic mass is 79.9. The Labute approximate surface area is 132 Å². The van der Waals surface area contributed by atoms with Crippen LogP contribution in [0.3, 0.4) is 0 Å². The molecule has 0 bridgehead atoms. The van der Waals surface area contributed by atoms with Crippen LogP contribution in [0.2, 0.25) is 5.15 Å². The van der Waals surface area contributed by atoms with E-state index in [1.807, 2.05) is 19.1 Å². The highest BCUT2D eigenvalue weighted by Gasteiger charge is 2.15. The molecular formula is C15H8BrClF2N2. The molecule has 0 amide bonds. The fraction of sp³-hybridized carbons (Fsp3) is 0.0667. The summed E-state index contributed by atoms with van der Waals surface area (Å²) in [6.45, 7) is 1.92. The quantitative estimate of drug-likeness (QED) is 0.544. The van der Waals surface area contributed by atoms with E-state index in [0.29, 0.717) is 10.9 Å². The summed E-state index contributed by atoms with van der Waals surface area (Å²) < 4.78 is 27.9. The first-order valence-corrected chi connectivity index (χ1v) is 7.22. The van der Waals surface area contributed by atoms with E-state index < -0.39 is 11.6 Å². The molecule has 2 aromatic carbocycles. The second kappa shape index (κ2) is 5.31. The van der Waals surface area contributed by atoms with Crippen LogP contribution in [0.25, 0.3) is 22.3 Å². The molecule has 0 atom stereocenters. The van der Waals surface area contributed by atoms with Crippen LogP contribution in [0.15, 0.2) is 34.8 Å². The molecule has 1 aromatic heterocycles. The van der Waals surface area contributed by atoms with Crippen molar-refractivity contribution in [1.82, 2.24) is 9.97 Å². The third-order valence-electron chi connectivity index (χ3n) is 3.04. The van der Waals surface area contributed by atoms with Crippen molar-refractivity contribution in [3.8, 4) is 11.4 Å². The molecule has 0 fully saturated rings. The highest BCUT2D eigenvalue weighted by Crippen LogP contribution is 2.31. The van der Waals surface area contributed by atoms with E-state index in [2.05, 4.69) is 25.9 Å². The molecule has 0 saturated heterocycles. The number of hydrogen-bond acceptors (Lipinski definition) is 2. The fourth-order valence-corrected chi connectivity index (χ4v) is 2.97. The predicted octanol–water partition coefficient (Wildman–Crippen LogP) is 5.30. The topological polar surface area (TPSA) is 25.8 Å². The molecule has 106 valence electrons. The maximum Gasteiger partial charge on any atom is 0.169 e. The Balaban J connectivity index is 2.33. The molecule has 21 heavy (non-hydrogen) atoms. The number of hydrogen-bond donors (Lipinski definition) is 0. The van der Waals surface area contributed by atoms with Crippen LogP contribution in [0.4, 0.5) is 8.78 Å². The number of benzene rings is 2. The van der Waals surface area contributed by atoms with Gasteiger partial charge in [0, 0.05) is 9.86 Å². The molecule has 2 nitrogen and oxygen atoms in total. The van der Waals surface area contributed by atoms with E-state index in [1.54, 1.807) is 0 Å². The molecule has 0 aliphatic carbocycles. The van der Waals surface area contributed by atoms with Gasteiger partial charge in [0.1, 0.15) is 5.15 Å². The Hall–Kier alpha value is -1.59. The normalized spacial score (nSPS) is 11.1. The van der Waals surface area contributed by atoms with E-state index >= 15 is 0 Å². The van der Waals surface area contributed by atoms with Crippen molar-refractivity contribution in [2.75, 3.05) is 0 Å². The van der Waals surface area contributed by atoms with Crippen molar-refractivity contribution in [3.05, 3.63) is 57.2 Å². The maximum atomic E-state index is 13.9. The van der Waals surface area contributed by atoms with Crippen LogP contribution in [0, 0.1) is 18.6 Å². The Kier molecular flexibility index (Phi) is 3.63. The summed E-state index contributed by atoms with van der Waals surface area (Å²) in [4.78, 5) is 8.38. The van der Waals surface area contributed by atoms with Gasteiger partial charge in [-0.15, -0.1) is 0 Å². The van der Waals surface area contributed by atoms with Gasteiger partial charge >= 0.3 is 0 Å². The van der Waals surface area contributed by atoms with Gasteiger partial charge in [0.15, 0.2) is 17.5 Å². The summed E-state index contributed by atoms with van der Waals surface area (Å²) in [7, 11) is 0. The molecule has 6 heteroatoms. The highest BCUT2D eigenvalue weighted by molar-refractivity contribution is 9.10. The summed E-state index contributed by atoms with van der Waals surface area (Å²) >= 11 is 9.56. The third kappa shape index (κ3) is 2.51. The SMILES string of the molecule is Cc1cc(Br)c2nc(-c3cccc(F)c3F)nc(Cl)c2c1. The molecule has 0 unspecified atom stereocenters. The fourth-order valence-electron chi connectivity index (χ4n) is 2.09. The third-order valence-corrected chi connectivity index (χ3v) is 3.94. The zero-order valence-corrected chi connectivity index (χ0v) is 13.1. The largest absolute Gasteiger partial charge is 0.227 e. The summed E-state index contributed by atoms with van der Waals surface area (Å²) in [6, 6.07) is 7.57. The number of rotatable bonds is 1.